The van der Waals surface area contributed by atoms with Crippen molar-refractivity contribution in [3.8, 4) is 0 Å². The summed E-state index contributed by atoms with van der Waals surface area (Å²) in [6.07, 6.45) is 4.10. The molecule has 0 aliphatic carbocycles. The van der Waals surface area contributed by atoms with E-state index in [1.54, 1.807) is 0 Å². The fourth-order valence-electron chi connectivity index (χ4n) is 2.49. The summed E-state index contributed by atoms with van der Waals surface area (Å²) in [6, 6.07) is 0. The Bertz CT molecular complexity index is 419. The van der Waals surface area contributed by atoms with Gasteiger partial charge < -0.3 is 46.7 Å². The highest BCUT2D eigenvalue weighted by molar-refractivity contribution is 6.86. The van der Waals surface area contributed by atoms with Crippen LogP contribution in [0.15, 0.2) is 0 Å². The molecule has 0 atom stereocenters. The SMILES string of the molecule is C.C.C.C.C.C.C.C.C.C[Si](C)(CN)O[Si](C)(C)CN.C[Si](C)(CN)O[Si](C)(C)CN.C[Si](C)(CN)O[Si](C)(C)CN. The maximum absolute atomic E-state index is 5.95. The van der Waals surface area contributed by atoms with Gasteiger partial charge in [-0.1, -0.05) is 66.8 Å². The van der Waals surface area contributed by atoms with Gasteiger partial charge in [-0.3, -0.25) is 0 Å². The van der Waals surface area contributed by atoms with Gasteiger partial charge in [0, 0.05) is 37.0 Å². The fourth-order valence-corrected chi connectivity index (χ4v) is 22.4. The van der Waals surface area contributed by atoms with E-state index in [2.05, 4.69) is 78.6 Å². The van der Waals surface area contributed by atoms with Crippen LogP contribution >= 0.6 is 0 Å². The molecule has 0 aromatic heterocycles. The lowest BCUT2D eigenvalue weighted by Gasteiger charge is -2.32. The largest absolute Gasteiger partial charge is 0.454 e. The molecule has 0 unspecified atom stereocenters. The summed E-state index contributed by atoms with van der Waals surface area (Å²) >= 11 is 0. The van der Waals surface area contributed by atoms with Crippen molar-refractivity contribution in [3.63, 3.8) is 0 Å². The molecule has 276 valence electrons. The van der Waals surface area contributed by atoms with E-state index in [4.69, 9.17) is 46.7 Å². The lowest BCUT2D eigenvalue weighted by molar-refractivity contribution is 0.541. The molecular weight excluding hydrogens is 625 g/mol. The van der Waals surface area contributed by atoms with Crippen molar-refractivity contribution in [2.45, 2.75) is 145 Å². The van der Waals surface area contributed by atoms with E-state index in [9.17, 15) is 0 Å². The molecule has 0 rings (SSSR count). The Hall–Kier alpha value is 0.941. The number of hydrogen-bond acceptors (Lipinski definition) is 9. The summed E-state index contributed by atoms with van der Waals surface area (Å²) in [4.78, 5) is 0. The zero-order valence-corrected chi connectivity index (χ0v) is 29.9. The predicted molar refractivity (Wildman–Crippen MR) is 223 cm³/mol. The van der Waals surface area contributed by atoms with E-state index in [-0.39, 0.29) is 66.8 Å². The summed E-state index contributed by atoms with van der Waals surface area (Å²) in [7, 11) is -9.44. The molecular formula is C27H96N6O3Si6. The van der Waals surface area contributed by atoms with Gasteiger partial charge in [-0.25, -0.2) is 0 Å². The summed E-state index contributed by atoms with van der Waals surface area (Å²) < 4.78 is 17.9. The van der Waals surface area contributed by atoms with Crippen LogP contribution in [-0.4, -0.2) is 86.9 Å². The molecule has 0 aliphatic rings. The maximum Gasteiger partial charge on any atom is 0.187 e. The molecule has 12 N–H and O–H groups in total. The molecule has 9 nitrogen and oxygen atoms in total. The topological polar surface area (TPSA) is 184 Å². The van der Waals surface area contributed by atoms with E-state index >= 15 is 0 Å². The fraction of sp³-hybridized carbons (Fsp3) is 1.00. The Morgan fingerprint density at radius 2 is 0.333 bits per heavy atom. The molecule has 0 saturated heterocycles. The van der Waals surface area contributed by atoms with Crippen LogP contribution in [-0.2, 0) is 12.3 Å². The smallest absolute Gasteiger partial charge is 0.187 e. The van der Waals surface area contributed by atoms with Gasteiger partial charge in [-0.2, -0.15) is 0 Å². The minimum absolute atomic E-state index is 0. The first-order valence-corrected chi connectivity index (χ1v) is 30.5. The van der Waals surface area contributed by atoms with Gasteiger partial charge in [0.2, 0.25) is 0 Å². The molecule has 0 heterocycles. The Balaban J connectivity index is -0.0000000290. The van der Waals surface area contributed by atoms with Gasteiger partial charge in [0.25, 0.3) is 0 Å². The van der Waals surface area contributed by atoms with Crippen LogP contribution in [0, 0.1) is 0 Å². The summed E-state index contributed by atoms with van der Waals surface area (Å²) in [5.41, 5.74) is 33.5. The zero-order chi connectivity index (χ0) is 27.4. The van der Waals surface area contributed by atoms with E-state index < -0.39 is 49.9 Å². The number of hydrogen-bond donors (Lipinski definition) is 6. The number of nitrogens with two attached hydrogens (primary N) is 6. The Morgan fingerprint density at radius 3 is 0.381 bits per heavy atom. The maximum atomic E-state index is 5.95. The van der Waals surface area contributed by atoms with E-state index in [1.165, 1.54) is 0 Å². The van der Waals surface area contributed by atoms with Crippen LogP contribution in [0.4, 0.5) is 0 Å². The summed E-state index contributed by atoms with van der Waals surface area (Å²) in [5.74, 6) is 0. The van der Waals surface area contributed by atoms with Crippen molar-refractivity contribution in [3.05, 3.63) is 0 Å². The third kappa shape index (κ3) is 47.9. The molecule has 0 amide bonds. The van der Waals surface area contributed by atoms with Gasteiger partial charge in [0.05, 0.1) is 0 Å². The van der Waals surface area contributed by atoms with Gasteiger partial charge in [0.15, 0.2) is 49.9 Å². The molecule has 0 aromatic rings. The molecule has 42 heavy (non-hydrogen) atoms. The van der Waals surface area contributed by atoms with Crippen LogP contribution in [0.5, 0.6) is 0 Å². The van der Waals surface area contributed by atoms with Crippen LogP contribution in [0.1, 0.15) is 66.8 Å². The standard InChI is InChI=1S/3C6H20N2OSi2.9CH4/c3*1-10(2,5-7)9-11(3,4)6-8;;;;;;;;;/h3*5-8H2,1-4H3;9*1H4. The lowest BCUT2D eigenvalue weighted by Crippen LogP contribution is -2.53. The normalized spacial score (nSPS) is 10.7. The minimum atomic E-state index is -1.57. The molecule has 0 spiro atoms. The molecule has 0 aromatic carbocycles. The van der Waals surface area contributed by atoms with E-state index in [1.807, 2.05) is 0 Å². The predicted octanol–water partition coefficient (Wildman–Crippen LogP) is 6.95. The van der Waals surface area contributed by atoms with Crippen LogP contribution in [0.2, 0.25) is 78.6 Å². The highest BCUT2D eigenvalue weighted by Gasteiger charge is 2.32. The molecule has 15 heteroatoms. The van der Waals surface area contributed by atoms with Crippen LogP contribution in [0.3, 0.4) is 0 Å². The van der Waals surface area contributed by atoms with Crippen molar-refractivity contribution in [1.29, 1.82) is 0 Å². The van der Waals surface area contributed by atoms with Crippen molar-refractivity contribution in [2.24, 2.45) is 34.4 Å². The molecule has 0 fully saturated rings. The average molecular weight is 722 g/mol. The first kappa shape index (κ1) is 78.9. The average Bonchev–Trinajstić information content (AvgIpc) is 2.67. The minimum Gasteiger partial charge on any atom is -0.454 e. The summed E-state index contributed by atoms with van der Waals surface area (Å²) in [5, 5.41) is 0. The highest BCUT2D eigenvalue weighted by atomic mass is 28.4. The quantitative estimate of drug-likeness (QED) is 0.116. The molecule has 0 aliphatic heterocycles. The van der Waals surface area contributed by atoms with Crippen LogP contribution < -0.4 is 34.4 Å². The Labute approximate surface area is 278 Å². The zero-order valence-electron chi connectivity index (χ0n) is 23.9. The van der Waals surface area contributed by atoms with Crippen molar-refractivity contribution < 1.29 is 12.3 Å². The molecule has 0 saturated carbocycles. The monoisotopic (exact) mass is 721 g/mol. The Morgan fingerprint density at radius 1 is 0.262 bits per heavy atom. The summed E-state index contributed by atoms with van der Waals surface area (Å²) in [6.45, 7) is 25.6. The van der Waals surface area contributed by atoms with Gasteiger partial charge in [-0.05, 0) is 78.6 Å². The third-order valence-electron chi connectivity index (χ3n) is 4.61. The highest BCUT2D eigenvalue weighted by Crippen LogP contribution is 2.13. The van der Waals surface area contributed by atoms with Crippen LogP contribution in [0.25, 0.3) is 0 Å². The van der Waals surface area contributed by atoms with Crippen molar-refractivity contribution in [2.75, 3.05) is 37.0 Å². The van der Waals surface area contributed by atoms with Gasteiger partial charge >= 0.3 is 0 Å². The second-order valence-corrected chi connectivity index (χ2v) is 38.1. The molecule has 0 bridgehead atoms. The van der Waals surface area contributed by atoms with Gasteiger partial charge in [0.1, 0.15) is 0 Å². The third-order valence-corrected chi connectivity index (χ3v) is 23.8. The van der Waals surface area contributed by atoms with Crippen molar-refractivity contribution >= 4 is 49.9 Å². The first-order valence-electron chi connectivity index (χ1n) is 11.8. The Kier molecular flexibility index (Phi) is 62.6. The lowest BCUT2D eigenvalue weighted by atomic mass is 11.5. The number of rotatable bonds is 12. The van der Waals surface area contributed by atoms with E-state index in [0.29, 0.717) is 37.0 Å². The van der Waals surface area contributed by atoms with Crippen molar-refractivity contribution in [1.82, 2.24) is 0 Å². The first-order chi connectivity index (χ1) is 14.5. The van der Waals surface area contributed by atoms with E-state index in [0.717, 1.165) is 0 Å². The molecule has 0 radical (unpaired) electrons. The second kappa shape index (κ2) is 33.3. The second-order valence-electron chi connectivity index (χ2n) is 12.1. The van der Waals surface area contributed by atoms with Gasteiger partial charge in [-0.15, -0.1) is 0 Å².